The van der Waals surface area contributed by atoms with Gasteiger partial charge in [-0.25, -0.2) is 4.98 Å². The maximum atomic E-state index is 10.9. The van der Waals surface area contributed by atoms with E-state index in [0.717, 1.165) is 24.2 Å². The molecule has 1 aliphatic heterocycles. The molecule has 0 aromatic carbocycles. The van der Waals surface area contributed by atoms with Crippen molar-refractivity contribution in [3.8, 4) is 0 Å². The van der Waals surface area contributed by atoms with Crippen molar-refractivity contribution in [3.63, 3.8) is 0 Å². The zero-order valence-corrected chi connectivity index (χ0v) is 8.65. The molecular formula is C12H14N2O. The number of nitrogens with zero attached hydrogens (tertiary/aromatic N) is 2. The number of aromatic nitrogens is 1. The van der Waals surface area contributed by atoms with Crippen LogP contribution in [0.3, 0.4) is 0 Å². The van der Waals surface area contributed by atoms with Gasteiger partial charge in [-0.2, -0.15) is 0 Å². The zero-order valence-electron chi connectivity index (χ0n) is 8.65. The van der Waals surface area contributed by atoms with E-state index in [1.807, 2.05) is 12.1 Å². The van der Waals surface area contributed by atoms with Gasteiger partial charge in [0.25, 0.3) is 0 Å². The highest BCUT2D eigenvalue weighted by Gasteiger charge is 2.49. The molecule has 78 valence electrons. The molecule has 1 spiro atoms. The van der Waals surface area contributed by atoms with E-state index >= 15 is 0 Å². The third-order valence-corrected chi connectivity index (χ3v) is 3.86. The normalized spacial score (nSPS) is 22.0. The fraction of sp³-hybridized carbons (Fsp3) is 0.500. The lowest BCUT2D eigenvalue weighted by atomic mass is 9.68. The zero-order chi connectivity index (χ0) is 10.3. The van der Waals surface area contributed by atoms with Crippen molar-refractivity contribution in [2.45, 2.75) is 31.2 Å². The second-order valence-corrected chi connectivity index (χ2v) is 4.51. The number of hydrogen-bond donors (Lipinski definition) is 0. The Morgan fingerprint density at radius 3 is 2.80 bits per heavy atom. The van der Waals surface area contributed by atoms with Crippen LogP contribution in [0.5, 0.6) is 0 Å². The first-order chi connectivity index (χ1) is 7.36. The second-order valence-electron chi connectivity index (χ2n) is 4.51. The maximum Gasteiger partial charge on any atom is 0.153 e. The second kappa shape index (κ2) is 3.05. The lowest BCUT2D eigenvalue weighted by Gasteiger charge is -2.59. The van der Waals surface area contributed by atoms with Crippen molar-refractivity contribution in [2.75, 3.05) is 11.4 Å². The highest BCUT2D eigenvalue weighted by molar-refractivity contribution is 5.83. The monoisotopic (exact) mass is 202 g/mol. The van der Waals surface area contributed by atoms with Crippen molar-refractivity contribution in [2.24, 2.45) is 0 Å². The van der Waals surface area contributed by atoms with Crippen molar-refractivity contribution >= 4 is 12.1 Å². The van der Waals surface area contributed by atoms with Crippen LogP contribution in [0.1, 0.15) is 36.0 Å². The molecule has 1 aliphatic carbocycles. The van der Waals surface area contributed by atoms with Gasteiger partial charge in [0.15, 0.2) is 6.29 Å². The summed E-state index contributed by atoms with van der Waals surface area (Å²) in [6, 6.07) is 3.67. The number of rotatable bonds is 2. The summed E-state index contributed by atoms with van der Waals surface area (Å²) >= 11 is 0. The summed E-state index contributed by atoms with van der Waals surface area (Å²) in [5, 5.41) is 0. The molecule has 0 unspecified atom stereocenters. The van der Waals surface area contributed by atoms with E-state index in [1.165, 1.54) is 25.7 Å². The van der Waals surface area contributed by atoms with Gasteiger partial charge in [-0.1, -0.05) is 0 Å². The molecule has 0 radical (unpaired) electrons. The number of aldehydes is 1. The minimum atomic E-state index is 0.367. The molecule has 3 nitrogen and oxygen atoms in total. The van der Waals surface area contributed by atoms with Gasteiger partial charge in [0.05, 0.1) is 5.56 Å². The van der Waals surface area contributed by atoms with E-state index in [-0.39, 0.29) is 0 Å². The first-order valence-electron chi connectivity index (χ1n) is 5.54. The quantitative estimate of drug-likeness (QED) is 0.688. The van der Waals surface area contributed by atoms with Crippen LogP contribution in [0.15, 0.2) is 18.3 Å². The van der Waals surface area contributed by atoms with Gasteiger partial charge in [0, 0.05) is 18.3 Å². The molecule has 2 fully saturated rings. The Bertz CT molecular complexity index is 393. The van der Waals surface area contributed by atoms with E-state index in [0.29, 0.717) is 5.54 Å². The lowest BCUT2D eigenvalue weighted by molar-refractivity contribution is 0.112. The van der Waals surface area contributed by atoms with Crippen molar-refractivity contribution in [1.82, 2.24) is 4.98 Å². The van der Waals surface area contributed by atoms with Gasteiger partial charge >= 0.3 is 0 Å². The number of hydrogen-bond acceptors (Lipinski definition) is 3. The van der Waals surface area contributed by atoms with Gasteiger partial charge in [-0.3, -0.25) is 4.79 Å². The van der Waals surface area contributed by atoms with E-state index in [9.17, 15) is 4.79 Å². The lowest BCUT2D eigenvalue weighted by Crippen LogP contribution is -2.64. The van der Waals surface area contributed by atoms with Gasteiger partial charge in [-0.05, 0) is 37.8 Å². The summed E-state index contributed by atoms with van der Waals surface area (Å²) < 4.78 is 0. The SMILES string of the molecule is O=Cc1cccnc1N1CCC12CCC2. The smallest absolute Gasteiger partial charge is 0.153 e. The minimum absolute atomic E-state index is 0.367. The molecule has 0 N–H and O–H groups in total. The first kappa shape index (κ1) is 8.89. The molecule has 0 bridgehead atoms. The molecule has 3 rings (SSSR count). The average molecular weight is 202 g/mol. The topological polar surface area (TPSA) is 33.2 Å². The summed E-state index contributed by atoms with van der Waals surface area (Å²) in [6.07, 6.45) is 7.80. The molecular weight excluding hydrogens is 188 g/mol. The summed E-state index contributed by atoms with van der Waals surface area (Å²) in [4.78, 5) is 17.6. The first-order valence-corrected chi connectivity index (χ1v) is 5.54. The van der Waals surface area contributed by atoms with E-state index in [4.69, 9.17) is 0 Å². The van der Waals surface area contributed by atoms with Crippen LogP contribution in [0.25, 0.3) is 0 Å². The molecule has 1 saturated heterocycles. The number of pyridine rings is 1. The Labute approximate surface area is 89.1 Å². The molecule has 1 aromatic heterocycles. The molecule has 2 aliphatic rings. The number of anilines is 1. The third kappa shape index (κ3) is 1.12. The van der Waals surface area contributed by atoms with Gasteiger partial charge < -0.3 is 4.90 Å². The fourth-order valence-electron chi connectivity index (χ4n) is 2.70. The van der Waals surface area contributed by atoms with Gasteiger partial charge in [0.1, 0.15) is 5.82 Å². The van der Waals surface area contributed by atoms with Crippen LogP contribution >= 0.6 is 0 Å². The molecule has 1 aromatic rings. The Morgan fingerprint density at radius 2 is 2.27 bits per heavy atom. The highest BCUT2D eigenvalue weighted by atomic mass is 16.1. The molecule has 0 atom stereocenters. The van der Waals surface area contributed by atoms with Crippen molar-refractivity contribution < 1.29 is 4.79 Å². The van der Waals surface area contributed by atoms with Gasteiger partial charge in [0.2, 0.25) is 0 Å². The number of carbonyl (C=O) groups is 1. The van der Waals surface area contributed by atoms with E-state index < -0.39 is 0 Å². The van der Waals surface area contributed by atoms with Crippen LogP contribution in [-0.2, 0) is 0 Å². The maximum absolute atomic E-state index is 10.9. The summed E-state index contributed by atoms with van der Waals surface area (Å²) in [6.45, 7) is 1.05. The average Bonchev–Trinajstić information content (AvgIpc) is 2.15. The van der Waals surface area contributed by atoms with Crippen LogP contribution < -0.4 is 4.90 Å². The Hall–Kier alpha value is -1.38. The molecule has 3 heteroatoms. The predicted molar refractivity (Wildman–Crippen MR) is 58.2 cm³/mol. The fourth-order valence-corrected chi connectivity index (χ4v) is 2.70. The summed E-state index contributed by atoms with van der Waals surface area (Å²) in [5.41, 5.74) is 1.09. The minimum Gasteiger partial charge on any atom is -0.350 e. The standard InChI is InChI=1S/C12H14N2O/c15-9-10-3-1-7-13-11(10)14-8-6-12(14)4-2-5-12/h1,3,7,9H,2,4-6,8H2. The summed E-state index contributed by atoms with van der Waals surface area (Å²) in [7, 11) is 0. The van der Waals surface area contributed by atoms with Crippen LogP contribution in [0, 0.1) is 0 Å². The Kier molecular flexibility index (Phi) is 1.81. The molecule has 2 heterocycles. The van der Waals surface area contributed by atoms with Crippen LogP contribution in [0.4, 0.5) is 5.82 Å². The largest absolute Gasteiger partial charge is 0.350 e. The van der Waals surface area contributed by atoms with Crippen LogP contribution in [-0.4, -0.2) is 23.4 Å². The Balaban J connectivity index is 1.95. The van der Waals surface area contributed by atoms with Crippen molar-refractivity contribution in [3.05, 3.63) is 23.9 Å². The molecule has 15 heavy (non-hydrogen) atoms. The van der Waals surface area contributed by atoms with E-state index in [1.54, 1.807) is 6.20 Å². The van der Waals surface area contributed by atoms with Crippen LogP contribution in [0.2, 0.25) is 0 Å². The van der Waals surface area contributed by atoms with E-state index in [2.05, 4.69) is 9.88 Å². The van der Waals surface area contributed by atoms with Crippen molar-refractivity contribution in [1.29, 1.82) is 0 Å². The third-order valence-electron chi connectivity index (χ3n) is 3.86. The number of carbonyl (C=O) groups excluding carboxylic acids is 1. The predicted octanol–water partition coefficient (Wildman–Crippen LogP) is 2.03. The highest BCUT2D eigenvalue weighted by Crippen LogP contribution is 2.49. The Morgan fingerprint density at radius 1 is 1.40 bits per heavy atom. The van der Waals surface area contributed by atoms with Gasteiger partial charge in [-0.15, -0.1) is 0 Å². The molecule has 0 amide bonds. The molecule has 1 saturated carbocycles. The summed E-state index contributed by atoms with van der Waals surface area (Å²) in [5.74, 6) is 0.887.